The van der Waals surface area contributed by atoms with Crippen LogP contribution in [0.15, 0.2) is 44.0 Å². The molecule has 0 radical (unpaired) electrons. The number of ether oxygens (including phenoxy) is 2. The van der Waals surface area contributed by atoms with Crippen molar-refractivity contribution >= 4 is 64.7 Å². The third kappa shape index (κ3) is 10.7. The molecule has 2 heterocycles. The Morgan fingerprint density at radius 1 is 0.641 bits per heavy atom. The van der Waals surface area contributed by atoms with Crippen LogP contribution < -0.4 is 11.2 Å². The van der Waals surface area contributed by atoms with E-state index in [1.54, 1.807) is 0 Å². The fourth-order valence-corrected chi connectivity index (χ4v) is 10.4. The van der Waals surface area contributed by atoms with Gasteiger partial charge in [0.25, 0.3) is 11.8 Å². The highest BCUT2D eigenvalue weighted by atomic mass is 35.5. The number of halogens is 8. The molecule has 2 aromatic carbocycles. The predicted molar refractivity (Wildman–Crippen MR) is 223 cm³/mol. The first-order valence-electron chi connectivity index (χ1n) is 20.0. The fourth-order valence-electron chi connectivity index (χ4n) is 8.10. The lowest BCUT2D eigenvalue weighted by molar-refractivity contribution is -0.140. The van der Waals surface area contributed by atoms with Gasteiger partial charge in [-0.1, -0.05) is 23.2 Å². The highest BCUT2D eigenvalue weighted by Gasteiger charge is 2.38. The molecule has 0 saturated heterocycles. The van der Waals surface area contributed by atoms with Crippen molar-refractivity contribution in [2.24, 2.45) is 35.9 Å². The summed E-state index contributed by atoms with van der Waals surface area (Å²) in [4.78, 5) is 47.2. The Morgan fingerprint density at radius 3 is 1.30 bits per heavy atom. The van der Waals surface area contributed by atoms with E-state index in [-0.39, 0.29) is 78.3 Å². The summed E-state index contributed by atoms with van der Waals surface area (Å²) in [6.45, 7) is 3.79. The van der Waals surface area contributed by atoms with E-state index >= 15 is 0 Å². The number of benzene rings is 2. The molecule has 15 nitrogen and oxygen atoms in total. The molecule has 64 heavy (non-hydrogen) atoms. The second kappa shape index (κ2) is 20.0. The molecule has 2 unspecified atom stereocenters. The lowest BCUT2D eigenvalue weighted by atomic mass is 9.83. The lowest BCUT2D eigenvalue weighted by Gasteiger charge is -2.33. The van der Waals surface area contributed by atoms with Crippen LogP contribution in [0.5, 0.6) is 0 Å². The average molecular weight is 982 g/mol. The van der Waals surface area contributed by atoms with E-state index in [0.29, 0.717) is 51.4 Å². The van der Waals surface area contributed by atoms with Gasteiger partial charge in [0.1, 0.15) is 12.2 Å². The van der Waals surface area contributed by atoms with Crippen molar-refractivity contribution in [3.63, 3.8) is 0 Å². The minimum Gasteiger partial charge on any atom is -0.431 e. The number of tetrazole rings is 2. The fraction of sp³-hybridized carbons (Fsp3) is 0.564. The number of thioether (sulfide) groups is 2. The molecule has 2 aromatic heterocycles. The van der Waals surface area contributed by atoms with Gasteiger partial charge in [-0.05, 0) is 135 Å². The number of aromatic nitrogens is 8. The van der Waals surface area contributed by atoms with Gasteiger partial charge in [-0.3, -0.25) is 9.59 Å². The van der Waals surface area contributed by atoms with Crippen LogP contribution in [0.1, 0.15) is 109 Å². The quantitative estimate of drug-likeness (QED) is 0.0846. The van der Waals surface area contributed by atoms with Gasteiger partial charge in [-0.15, -0.1) is 23.5 Å². The standard InChI is InChI=1S/C39H44Cl2F6N10O5S2/c1-19(56-35(54(3)50-52-56)48-33(58)25-15-17-27(38(42,43)44)31(63-5)29(25)40)21-7-11-23(12-8-21)61-37(60)62-24-13-9-22(10-14-24)20(2)57-36(55(4)51-53-57)49-34(59)26-16-18-28(39(45,46)47)32(64-6)30(26)41/h15-24H,7-14H2,1-6H3. The highest BCUT2D eigenvalue weighted by molar-refractivity contribution is 7.99. The van der Waals surface area contributed by atoms with Crippen LogP contribution in [0.3, 0.4) is 0 Å². The molecular weight excluding hydrogens is 938 g/mol. The van der Waals surface area contributed by atoms with E-state index in [1.807, 2.05) is 13.8 Å². The molecule has 2 saturated carbocycles. The van der Waals surface area contributed by atoms with E-state index in [1.165, 1.54) is 45.3 Å². The van der Waals surface area contributed by atoms with Crippen LogP contribution in [-0.4, -0.2) is 82.3 Å². The van der Waals surface area contributed by atoms with E-state index in [4.69, 9.17) is 32.7 Å². The third-order valence-electron chi connectivity index (χ3n) is 11.7. The van der Waals surface area contributed by atoms with E-state index in [9.17, 15) is 40.7 Å². The molecule has 6 rings (SSSR count). The van der Waals surface area contributed by atoms with Gasteiger partial charge in [0.15, 0.2) is 0 Å². The Labute approximate surface area is 380 Å². The molecule has 2 atom stereocenters. The number of nitrogens with zero attached hydrogens (tertiary/aromatic N) is 10. The van der Waals surface area contributed by atoms with Gasteiger partial charge in [0, 0.05) is 23.9 Å². The Morgan fingerprint density at radius 2 is 0.984 bits per heavy atom. The Hall–Kier alpha value is -4.35. The highest BCUT2D eigenvalue weighted by Crippen LogP contribution is 2.43. The number of hydrogen-bond acceptors (Lipinski definition) is 11. The molecule has 0 spiro atoms. The molecule has 2 fully saturated rings. The zero-order valence-electron chi connectivity index (χ0n) is 35.3. The molecule has 348 valence electrons. The third-order valence-corrected chi connectivity index (χ3v) is 14.4. The second-order valence-corrected chi connectivity index (χ2v) is 18.0. The van der Waals surface area contributed by atoms with Gasteiger partial charge >= 0.3 is 18.5 Å². The van der Waals surface area contributed by atoms with Crippen molar-refractivity contribution in [3.05, 3.63) is 67.8 Å². The second-order valence-electron chi connectivity index (χ2n) is 15.6. The molecular formula is C39H44Cl2F6N10O5S2. The van der Waals surface area contributed by atoms with Crippen LogP contribution in [0.25, 0.3) is 0 Å². The van der Waals surface area contributed by atoms with Crippen LogP contribution in [0, 0.1) is 11.8 Å². The van der Waals surface area contributed by atoms with Gasteiger partial charge in [0.05, 0.1) is 44.4 Å². The zero-order chi connectivity index (χ0) is 46.8. The predicted octanol–water partition coefficient (Wildman–Crippen LogP) is 8.91. The van der Waals surface area contributed by atoms with Crippen molar-refractivity contribution in [2.75, 3.05) is 12.5 Å². The van der Waals surface area contributed by atoms with Crippen LogP contribution >= 0.6 is 46.7 Å². The van der Waals surface area contributed by atoms with Crippen LogP contribution in [0.2, 0.25) is 10.0 Å². The van der Waals surface area contributed by atoms with Crippen molar-refractivity contribution < 1.29 is 50.2 Å². The number of amides is 2. The number of carbonyl (C=O) groups is 3. The maximum Gasteiger partial charge on any atom is 0.508 e. The van der Waals surface area contributed by atoms with Crippen LogP contribution in [0.4, 0.5) is 31.1 Å². The maximum absolute atomic E-state index is 13.5. The lowest BCUT2D eigenvalue weighted by Crippen LogP contribution is -2.36. The molecule has 2 aliphatic rings. The molecule has 4 aromatic rings. The SMILES string of the molecule is CSc1c(C(F)(F)F)ccc(C(=O)N=c2n(C)nnn2C(C)C2CCC(OC(=O)OC3CCC(C(C)n4nnn(C)c4=NC(=O)c4ccc(C(F)(F)F)c(SC)c4Cl)CC3)CC2)c1Cl. The summed E-state index contributed by atoms with van der Waals surface area (Å²) in [5, 5.41) is 15.7. The molecule has 2 aliphatic carbocycles. The van der Waals surface area contributed by atoms with E-state index in [0.717, 1.165) is 47.8 Å². The number of aryl methyl sites for hydroxylation is 2. The summed E-state index contributed by atoms with van der Waals surface area (Å²) in [7, 11) is 3.08. The number of carbonyl (C=O) groups excluding carboxylic acids is 3. The summed E-state index contributed by atoms with van der Waals surface area (Å²) in [5.41, 5.74) is -2.12. The van der Waals surface area contributed by atoms with Crippen molar-refractivity contribution in [3.8, 4) is 0 Å². The summed E-state index contributed by atoms with van der Waals surface area (Å²) in [6.07, 6.45) is -3.30. The molecule has 2 amide bonds. The van der Waals surface area contributed by atoms with Crippen molar-refractivity contribution in [1.29, 1.82) is 0 Å². The Kier molecular flexibility index (Phi) is 15.4. The zero-order valence-corrected chi connectivity index (χ0v) is 38.4. The van der Waals surface area contributed by atoms with Gasteiger partial charge in [0.2, 0.25) is 11.2 Å². The van der Waals surface area contributed by atoms with Crippen molar-refractivity contribution in [2.45, 2.75) is 112 Å². The minimum absolute atomic E-state index is 0.0332. The summed E-state index contributed by atoms with van der Waals surface area (Å²) in [5.74, 6) is -1.64. The molecule has 0 aliphatic heterocycles. The monoisotopic (exact) mass is 980 g/mol. The molecule has 25 heteroatoms. The first kappa shape index (κ1) is 49.1. The smallest absolute Gasteiger partial charge is 0.431 e. The van der Waals surface area contributed by atoms with E-state index < -0.39 is 41.4 Å². The Bertz CT molecular complexity index is 2360. The summed E-state index contributed by atoms with van der Waals surface area (Å²) < 4.78 is 98.2. The van der Waals surface area contributed by atoms with Crippen LogP contribution in [-0.2, 0) is 35.9 Å². The summed E-state index contributed by atoms with van der Waals surface area (Å²) >= 11 is 14.1. The van der Waals surface area contributed by atoms with Crippen molar-refractivity contribution in [1.82, 2.24) is 39.6 Å². The first-order chi connectivity index (χ1) is 30.1. The molecule has 0 N–H and O–H groups in total. The number of rotatable bonds is 10. The van der Waals surface area contributed by atoms with Gasteiger partial charge in [-0.25, -0.2) is 23.5 Å². The first-order valence-corrected chi connectivity index (χ1v) is 23.2. The topological polar surface area (TPSA) is 166 Å². The largest absolute Gasteiger partial charge is 0.508 e. The van der Waals surface area contributed by atoms with Gasteiger partial charge < -0.3 is 9.47 Å². The maximum atomic E-state index is 13.5. The Balaban J connectivity index is 1.01. The molecule has 0 bridgehead atoms. The number of alkyl halides is 6. The van der Waals surface area contributed by atoms with Gasteiger partial charge in [-0.2, -0.15) is 36.3 Å². The normalized spacial score (nSPS) is 21.2. The minimum atomic E-state index is -4.66. The number of hydrogen-bond donors (Lipinski definition) is 0. The summed E-state index contributed by atoms with van der Waals surface area (Å²) in [6, 6.07) is 3.02. The van der Waals surface area contributed by atoms with E-state index in [2.05, 4.69) is 30.8 Å². The average Bonchev–Trinajstić information content (AvgIpc) is 3.79.